The van der Waals surface area contributed by atoms with E-state index < -0.39 is 18.0 Å². The third-order valence-electron chi connectivity index (χ3n) is 3.29. The van der Waals surface area contributed by atoms with E-state index in [-0.39, 0.29) is 5.92 Å². The number of carbonyl (C=O) groups is 2. The molecule has 0 fully saturated rings. The van der Waals surface area contributed by atoms with E-state index in [0.29, 0.717) is 18.7 Å². The summed E-state index contributed by atoms with van der Waals surface area (Å²) < 4.78 is 5.39. The van der Waals surface area contributed by atoms with Gasteiger partial charge in [-0.05, 0) is 25.0 Å². The van der Waals surface area contributed by atoms with Crippen molar-refractivity contribution < 1.29 is 19.1 Å². The Hall–Kier alpha value is -1.98. The topological polar surface area (TPSA) is 82.8 Å². The Morgan fingerprint density at radius 3 is 2.55 bits per heavy atom. The Morgan fingerprint density at radius 2 is 2.10 bits per heavy atom. The summed E-state index contributed by atoms with van der Waals surface area (Å²) in [5, 5.41) is 11.7. The smallest absolute Gasteiger partial charge is 0.326 e. The number of furan rings is 1. The summed E-state index contributed by atoms with van der Waals surface area (Å²) in [4.78, 5) is 24.6. The van der Waals surface area contributed by atoms with Crippen molar-refractivity contribution in [2.24, 2.45) is 5.92 Å². The molecule has 0 spiro atoms. The zero-order chi connectivity index (χ0) is 15.3. The first kappa shape index (κ1) is 16.1. The minimum absolute atomic E-state index is 0.129. The molecule has 0 saturated carbocycles. The van der Waals surface area contributed by atoms with Crippen molar-refractivity contribution in [1.29, 1.82) is 0 Å². The van der Waals surface area contributed by atoms with Crippen LogP contribution in [0, 0.1) is 12.8 Å². The Kier molecular flexibility index (Phi) is 5.61. The number of aryl methyl sites for hydroxylation is 1. The Labute approximate surface area is 118 Å². The maximum Gasteiger partial charge on any atom is 0.326 e. The van der Waals surface area contributed by atoms with E-state index in [1.165, 1.54) is 4.90 Å². The SMILES string of the molecule is CCC(C)[C@H](NC(=O)N(C)Cc1ccc(C)o1)C(=O)O. The summed E-state index contributed by atoms with van der Waals surface area (Å²) in [5.74, 6) is 0.290. The maximum absolute atomic E-state index is 12.0. The van der Waals surface area contributed by atoms with Crippen LogP contribution in [-0.4, -0.2) is 35.1 Å². The molecule has 6 nitrogen and oxygen atoms in total. The summed E-state index contributed by atoms with van der Waals surface area (Å²) in [5.41, 5.74) is 0. The van der Waals surface area contributed by atoms with E-state index in [4.69, 9.17) is 9.52 Å². The minimum atomic E-state index is -1.02. The van der Waals surface area contributed by atoms with Gasteiger partial charge in [0.2, 0.25) is 0 Å². The minimum Gasteiger partial charge on any atom is -0.480 e. The van der Waals surface area contributed by atoms with Crippen molar-refractivity contribution in [1.82, 2.24) is 10.2 Å². The van der Waals surface area contributed by atoms with Crippen LogP contribution in [0.2, 0.25) is 0 Å². The summed E-state index contributed by atoms with van der Waals surface area (Å²) in [6.45, 7) is 5.82. The fourth-order valence-electron chi connectivity index (χ4n) is 1.80. The van der Waals surface area contributed by atoms with E-state index in [1.807, 2.05) is 19.9 Å². The van der Waals surface area contributed by atoms with Gasteiger partial charge in [-0.2, -0.15) is 0 Å². The molecule has 0 aliphatic carbocycles. The van der Waals surface area contributed by atoms with Gasteiger partial charge in [-0.25, -0.2) is 9.59 Å². The molecule has 0 saturated heterocycles. The normalized spacial score (nSPS) is 13.6. The molecule has 0 aliphatic rings. The predicted octanol–water partition coefficient (Wildman–Crippen LogP) is 2.23. The van der Waals surface area contributed by atoms with Crippen LogP contribution in [0.5, 0.6) is 0 Å². The number of carboxylic acids is 1. The van der Waals surface area contributed by atoms with Crippen molar-refractivity contribution in [2.45, 2.75) is 39.8 Å². The predicted molar refractivity (Wildman–Crippen MR) is 74.3 cm³/mol. The highest BCUT2D eigenvalue weighted by Crippen LogP contribution is 2.11. The standard InChI is InChI=1S/C14H22N2O4/c1-5-9(2)12(13(17)18)15-14(19)16(4)8-11-7-6-10(3)20-11/h6-7,9,12H,5,8H2,1-4H3,(H,15,19)(H,17,18)/t9?,12-/m0/s1. The quantitative estimate of drug-likeness (QED) is 0.838. The van der Waals surface area contributed by atoms with E-state index in [2.05, 4.69) is 5.32 Å². The van der Waals surface area contributed by atoms with Gasteiger partial charge in [0.15, 0.2) is 0 Å². The molecule has 2 N–H and O–H groups in total. The van der Waals surface area contributed by atoms with Gasteiger partial charge in [0, 0.05) is 7.05 Å². The van der Waals surface area contributed by atoms with Crippen molar-refractivity contribution in [3.8, 4) is 0 Å². The van der Waals surface area contributed by atoms with Crippen molar-refractivity contribution in [2.75, 3.05) is 7.05 Å². The number of nitrogens with zero attached hydrogens (tertiary/aromatic N) is 1. The molecule has 1 aromatic heterocycles. The average molecular weight is 282 g/mol. The van der Waals surface area contributed by atoms with Crippen LogP contribution in [0.15, 0.2) is 16.5 Å². The van der Waals surface area contributed by atoms with E-state index in [9.17, 15) is 9.59 Å². The molecular formula is C14H22N2O4. The first-order valence-corrected chi connectivity index (χ1v) is 6.64. The molecule has 0 radical (unpaired) electrons. The molecule has 112 valence electrons. The monoisotopic (exact) mass is 282 g/mol. The van der Waals surface area contributed by atoms with Crippen LogP contribution in [0.25, 0.3) is 0 Å². The van der Waals surface area contributed by atoms with Crippen molar-refractivity contribution in [3.05, 3.63) is 23.7 Å². The number of nitrogens with one attached hydrogen (secondary N) is 1. The average Bonchev–Trinajstić information content (AvgIpc) is 2.79. The van der Waals surface area contributed by atoms with Crippen LogP contribution in [0.3, 0.4) is 0 Å². The summed E-state index contributed by atoms with van der Waals surface area (Å²) in [6, 6.07) is 2.31. The lowest BCUT2D eigenvalue weighted by Gasteiger charge is -2.24. The van der Waals surface area contributed by atoms with Gasteiger partial charge in [-0.15, -0.1) is 0 Å². The molecule has 0 bridgehead atoms. The van der Waals surface area contributed by atoms with Gasteiger partial charge in [0.05, 0.1) is 6.54 Å². The van der Waals surface area contributed by atoms with Crippen LogP contribution >= 0.6 is 0 Å². The Bertz CT molecular complexity index is 469. The first-order chi connectivity index (χ1) is 9.35. The van der Waals surface area contributed by atoms with Gasteiger partial charge in [0.25, 0.3) is 0 Å². The molecule has 6 heteroatoms. The second kappa shape index (κ2) is 6.98. The van der Waals surface area contributed by atoms with Crippen LogP contribution in [-0.2, 0) is 11.3 Å². The molecule has 1 heterocycles. The second-order valence-electron chi connectivity index (χ2n) is 5.02. The molecule has 0 aliphatic heterocycles. The lowest BCUT2D eigenvalue weighted by atomic mass is 9.99. The molecular weight excluding hydrogens is 260 g/mol. The first-order valence-electron chi connectivity index (χ1n) is 6.64. The largest absolute Gasteiger partial charge is 0.480 e. The third-order valence-corrected chi connectivity index (χ3v) is 3.29. The highest BCUT2D eigenvalue weighted by molar-refractivity contribution is 5.82. The summed E-state index contributed by atoms with van der Waals surface area (Å²) >= 11 is 0. The van der Waals surface area contributed by atoms with Gasteiger partial charge < -0.3 is 19.7 Å². The molecule has 1 unspecified atom stereocenters. The fraction of sp³-hybridized carbons (Fsp3) is 0.571. The number of carboxylic acid groups (broad SMARTS) is 1. The number of hydrogen-bond donors (Lipinski definition) is 2. The number of aliphatic carboxylic acids is 1. The second-order valence-corrected chi connectivity index (χ2v) is 5.02. The van der Waals surface area contributed by atoms with Crippen LogP contribution in [0.4, 0.5) is 4.79 Å². The summed E-state index contributed by atoms with van der Waals surface area (Å²) in [7, 11) is 1.60. The van der Waals surface area contributed by atoms with Crippen LogP contribution < -0.4 is 5.32 Å². The number of hydrogen-bond acceptors (Lipinski definition) is 3. The number of rotatable bonds is 6. The highest BCUT2D eigenvalue weighted by Gasteiger charge is 2.26. The maximum atomic E-state index is 12.0. The van der Waals surface area contributed by atoms with Gasteiger partial charge in [-0.1, -0.05) is 20.3 Å². The molecule has 20 heavy (non-hydrogen) atoms. The molecule has 2 atom stereocenters. The van der Waals surface area contributed by atoms with Crippen molar-refractivity contribution in [3.63, 3.8) is 0 Å². The van der Waals surface area contributed by atoms with E-state index in [0.717, 1.165) is 5.76 Å². The van der Waals surface area contributed by atoms with Crippen LogP contribution in [0.1, 0.15) is 31.8 Å². The lowest BCUT2D eigenvalue weighted by molar-refractivity contribution is -0.140. The Morgan fingerprint density at radius 1 is 1.45 bits per heavy atom. The molecule has 0 aromatic carbocycles. The van der Waals surface area contributed by atoms with Gasteiger partial charge in [0.1, 0.15) is 17.6 Å². The van der Waals surface area contributed by atoms with Gasteiger partial charge in [-0.3, -0.25) is 0 Å². The highest BCUT2D eigenvalue weighted by atomic mass is 16.4. The molecule has 2 amide bonds. The number of amides is 2. The zero-order valence-electron chi connectivity index (χ0n) is 12.3. The van der Waals surface area contributed by atoms with Gasteiger partial charge >= 0.3 is 12.0 Å². The third kappa shape index (κ3) is 4.29. The zero-order valence-corrected chi connectivity index (χ0v) is 12.3. The van der Waals surface area contributed by atoms with E-state index >= 15 is 0 Å². The number of urea groups is 1. The lowest BCUT2D eigenvalue weighted by Crippen LogP contribution is -2.49. The summed E-state index contributed by atoms with van der Waals surface area (Å²) in [6.07, 6.45) is 0.679. The fourth-order valence-corrected chi connectivity index (χ4v) is 1.80. The van der Waals surface area contributed by atoms with Crippen molar-refractivity contribution >= 4 is 12.0 Å². The molecule has 1 aromatic rings. The Balaban J connectivity index is 2.61. The molecule has 1 rings (SSSR count). The number of carbonyl (C=O) groups excluding carboxylic acids is 1. The van der Waals surface area contributed by atoms with E-state index in [1.54, 1.807) is 20.0 Å².